The van der Waals surface area contributed by atoms with E-state index >= 15 is 0 Å². The molecule has 0 spiro atoms. The van der Waals surface area contributed by atoms with Gasteiger partial charge in [-0.05, 0) is 5.92 Å². The third kappa shape index (κ3) is 1.36. The van der Waals surface area contributed by atoms with Crippen LogP contribution in [0.2, 0.25) is 0 Å². The van der Waals surface area contributed by atoms with Crippen LogP contribution in [0.5, 0.6) is 0 Å². The lowest BCUT2D eigenvalue weighted by Crippen LogP contribution is -2.33. The highest BCUT2D eigenvalue weighted by Gasteiger charge is 2.43. The van der Waals surface area contributed by atoms with E-state index in [-0.39, 0.29) is 5.92 Å². The van der Waals surface area contributed by atoms with E-state index in [1.165, 1.54) is 0 Å². The largest absolute Gasteiger partial charge is 0.457 e. The minimum absolute atomic E-state index is 0.0334. The molecule has 0 aromatic heterocycles. The van der Waals surface area contributed by atoms with Gasteiger partial charge in [-0.1, -0.05) is 13.8 Å². The summed E-state index contributed by atoms with van der Waals surface area (Å²) in [6, 6.07) is 0. The van der Waals surface area contributed by atoms with E-state index in [2.05, 4.69) is 0 Å². The second-order valence-electron chi connectivity index (χ2n) is 3.08. The van der Waals surface area contributed by atoms with Crippen molar-refractivity contribution in [3.05, 3.63) is 0 Å². The molecule has 1 saturated heterocycles. The topological polar surface area (TPSA) is 66.8 Å². The van der Waals surface area contributed by atoms with Crippen LogP contribution >= 0.6 is 0 Å². The van der Waals surface area contributed by atoms with Gasteiger partial charge in [-0.3, -0.25) is 0 Å². The maximum atomic E-state index is 10.7. The molecule has 2 N–H and O–H groups in total. The Kier molecular flexibility index (Phi) is 2.15. The predicted octanol–water partition coefficient (Wildman–Crippen LogP) is -0.710. The zero-order valence-corrected chi connectivity index (χ0v) is 6.52. The number of esters is 1. The van der Waals surface area contributed by atoms with Crippen molar-refractivity contribution in [1.29, 1.82) is 0 Å². The first-order chi connectivity index (χ1) is 5.04. The Morgan fingerprint density at radius 2 is 2.00 bits per heavy atom. The van der Waals surface area contributed by atoms with E-state index < -0.39 is 24.3 Å². The van der Waals surface area contributed by atoms with E-state index in [1.54, 1.807) is 0 Å². The Bertz CT molecular complexity index is 166. The second-order valence-corrected chi connectivity index (χ2v) is 3.08. The average molecular weight is 160 g/mol. The van der Waals surface area contributed by atoms with Crippen LogP contribution in [-0.2, 0) is 9.53 Å². The summed E-state index contributed by atoms with van der Waals surface area (Å²) >= 11 is 0. The first-order valence-corrected chi connectivity index (χ1v) is 3.60. The Hall–Kier alpha value is -0.610. The Balaban J connectivity index is 2.67. The number of hydrogen-bond acceptors (Lipinski definition) is 4. The molecule has 1 heterocycles. The van der Waals surface area contributed by atoms with Crippen LogP contribution in [0, 0.1) is 5.92 Å². The molecule has 1 fully saturated rings. The number of carbonyl (C=O) groups is 1. The number of aliphatic hydroxyl groups is 2. The van der Waals surface area contributed by atoms with Gasteiger partial charge in [0.1, 0.15) is 12.2 Å². The molecular formula is C7H12O4. The first kappa shape index (κ1) is 8.49. The Labute approximate surface area is 64.8 Å². The highest BCUT2D eigenvalue weighted by molar-refractivity contribution is 5.77. The average Bonchev–Trinajstić information content (AvgIpc) is 2.17. The Morgan fingerprint density at radius 3 is 2.18 bits per heavy atom. The third-order valence-electron chi connectivity index (χ3n) is 1.81. The molecular weight excluding hydrogens is 148 g/mol. The van der Waals surface area contributed by atoms with Crippen molar-refractivity contribution in [1.82, 2.24) is 0 Å². The molecule has 11 heavy (non-hydrogen) atoms. The smallest absolute Gasteiger partial charge is 0.338 e. The van der Waals surface area contributed by atoms with Crippen molar-refractivity contribution < 1.29 is 19.7 Å². The summed E-state index contributed by atoms with van der Waals surface area (Å²) < 4.78 is 4.71. The predicted molar refractivity (Wildman–Crippen MR) is 36.7 cm³/mol. The van der Waals surface area contributed by atoms with Gasteiger partial charge in [0.05, 0.1) is 0 Å². The van der Waals surface area contributed by atoms with Crippen LogP contribution < -0.4 is 0 Å². The molecule has 0 radical (unpaired) electrons. The van der Waals surface area contributed by atoms with Gasteiger partial charge in [0, 0.05) is 0 Å². The van der Waals surface area contributed by atoms with Gasteiger partial charge in [-0.15, -0.1) is 0 Å². The monoisotopic (exact) mass is 160 g/mol. The summed E-state index contributed by atoms with van der Waals surface area (Å²) in [6.07, 6.45) is -2.98. The lowest BCUT2D eigenvalue weighted by atomic mass is 10.0. The number of ether oxygens (including phenoxy) is 1. The molecule has 0 aromatic carbocycles. The van der Waals surface area contributed by atoms with E-state index in [1.807, 2.05) is 13.8 Å². The maximum absolute atomic E-state index is 10.7. The van der Waals surface area contributed by atoms with E-state index in [4.69, 9.17) is 9.84 Å². The summed E-state index contributed by atoms with van der Waals surface area (Å²) in [4.78, 5) is 10.7. The minimum Gasteiger partial charge on any atom is -0.457 e. The summed E-state index contributed by atoms with van der Waals surface area (Å²) in [5, 5.41) is 18.2. The number of hydrogen-bond donors (Lipinski definition) is 2. The van der Waals surface area contributed by atoms with Crippen LogP contribution in [-0.4, -0.2) is 34.5 Å². The van der Waals surface area contributed by atoms with Crippen molar-refractivity contribution >= 4 is 5.97 Å². The van der Waals surface area contributed by atoms with Gasteiger partial charge in [0.15, 0.2) is 6.10 Å². The first-order valence-electron chi connectivity index (χ1n) is 3.60. The van der Waals surface area contributed by atoms with Crippen LogP contribution in [0.4, 0.5) is 0 Å². The van der Waals surface area contributed by atoms with Gasteiger partial charge in [-0.2, -0.15) is 0 Å². The lowest BCUT2D eigenvalue weighted by molar-refractivity contribution is -0.148. The molecule has 0 aliphatic carbocycles. The lowest BCUT2D eigenvalue weighted by Gasteiger charge is -2.16. The van der Waals surface area contributed by atoms with E-state index in [0.717, 1.165) is 0 Å². The SMILES string of the molecule is CC(C)C1OC(=O)C(O)C1O. The normalized spacial score (nSPS) is 37.9. The number of aliphatic hydroxyl groups excluding tert-OH is 2. The number of carbonyl (C=O) groups excluding carboxylic acids is 1. The standard InChI is InChI=1S/C7H12O4/c1-3(2)6-4(8)5(9)7(10)11-6/h3-6,8-9H,1-2H3. The summed E-state index contributed by atoms with van der Waals surface area (Å²) in [7, 11) is 0. The molecule has 4 heteroatoms. The van der Waals surface area contributed by atoms with Crippen molar-refractivity contribution in [3.8, 4) is 0 Å². The molecule has 0 amide bonds. The Morgan fingerprint density at radius 1 is 1.45 bits per heavy atom. The van der Waals surface area contributed by atoms with Gasteiger partial charge in [0.2, 0.25) is 0 Å². The van der Waals surface area contributed by atoms with Crippen LogP contribution in [0.25, 0.3) is 0 Å². The van der Waals surface area contributed by atoms with E-state index in [0.29, 0.717) is 0 Å². The molecule has 4 nitrogen and oxygen atoms in total. The fourth-order valence-electron chi connectivity index (χ4n) is 1.12. The molecule has 3 unspecified atom stereocenters. The molecule has 1 aliphatic heterocycles. The minimum atomic E-state index is -1.36. The zero-order chi connectivity index (χ0) is 8.59. The molecule has 1 rings (SSSR count). The van der Waals surface area contributed by atoms with Crippen molar-refractivity contribution in [3.63, 3.8) is 0 Å². The van der Waals surface area contributed by atoms with Gasteiger partial charge in [0.25, 0.3) is 0 Å². The quantitative estimate of drug-likeness (QED) is 0.497. The molecule has 0 aromatic rings. The van der Waals surface area contributed by atoms with Gasteiger partial charge < -0.3 is 14.9 Å². The van der Waals surface area contributed by atoms with Gasteiger partial charge in [-0.25, -0.2) is 4.79 Å². The van der Waals surface area contributed by atoms with Gasteiger partial charge >= 0.3 is 5.97 Å². The van der Waals surface area contributed by atoms with Crippen LogP contribution in [0.15, 0.2) is 0 Å². The molecule has 64 valence electrons. The highest BCUT2D eigenvalue weighted by Crippen LogP contribution is 2.21. The van der Waals surface area contributed by atoms with Crippen molar-refractivity contribution in [2.75, 3.05) is 0 Å². The number of cyclic esters (lactones) is 1. The van der Waals surface area contributed by atoms with E-state index in [9.17, 15) is 9.90 Å². The van der Waals surface area contributed by atoms with Crippen LogP contribution in [0.3, 0.4) is 0 Å². The fraction of sp³-hybridized carbons (Fsp3) is 0.857. The maximum Gasteiger partial charge on any atom is 0.338 e. The molecule has 0 bridgehead atoms. The zero-order valence-electron chi connectivity index (χ0n) is 6.52. The van der Waals surface area contributed by atoms with Crippen LogP contribution in [0.1, 0.15) is 13.8 Å². The molecule has 0 saturated carbocycles. The highest BCUT2D eigenvalue weighted by atomic mass is 16.6. The van der Waals surface area contributed by atoms with Crippen molar-refractivity contribution in [2.45, 2.75) is 32.2 Å². The molecule has 1 aliphatic rings. The summed E-state index contributed by atoms with van der Waals surface area (Å²) in [6.45, 7) is 3.64. The van der Waals surface area contributed by atoms with Crippen molar-refractivity contribution in [2.24, 2.45) is 5.92 Å². The summed E-state index contributed by atoms with van der Waals surface area (Å²) in [5.74, 6) is -0.692. The summed E-state index contributed by atoms with van der Waals surface area (Å²) in [5.41, 5.74) is 0. The second kappa shape index (κ2) is 2.79. The third-order valence-corrected chi connectivity index (χ3v) is 1.81. The fourth-order valence-corrected chi connectivity index (χ4v) is 1.12. The number of rotatable bonds is 1. The molecule has 3 atom stereocenters.